The number of hydrogen-bond acceptors (Lipinski definition) is 3. The molecule has 2 heterocycles. The van der Waals surface area contributed by atoms with Gasteiger partial charge in [-0.3, -0.25) is 14.4 Å². The molecule has 7 nitrogen and oxygen atoms in total. The van der Waals surface area contributed by atoms with E-state index in [-0.39, 0.29) is 30.6 Å². The summed E-state index contributed by atoms with van der Waals surface area (Å²) < 4.78 is 1.93. The van der Waals surface area contributed by atoms with Crippen molar-refractivity contribution in [2.45, 2.75) is 25.4 Å². The summed E-state index contributed by atoms with van der Waals surface area (Å²) in [5.41, 5.74) is 1.90. The van der Waals surface area contributed by atoms with E-state index in [1.807, 2.05) is 29.9 Å². The molecule has 1 aliphatic rings. The molecule has 1 aliphatic heterocycles. The molecule has 3 amide bonds. The Hall–Kier alpha value is -3.09. The number of aryl methyl sites for hydroxylation is 1. The summed E-state index contributed by atoms with van der Waals surface area (Å²) in [5.74, 6) is -0.790. The number of carbonyl (C=O) groups excluding carboxylic acids is 3. The molecule has 1 atom stereocenters. The van der Waals surface area contributed by atoms with Gasteiger partial charge in [0.25, 0.3) is 5.91 Å². The number of hydrogen-bond donors (Lipinski definition) is 3. The standard InChI is InChI=1S/C18H20N4O3/c1-22-10-4-5-12(22)11-19-16(23)9-8-15-18(25)20-14-7-3-2-6-13(14)17(24)21-15/h2-7,10,15H,8-9,11H2,1H3,(H,19,23)(H,20,25)(H,21,24)/t15-/m1/s1. The Kier molecular flexibility index (Phi) is 4.83. The van der Waals surface area contributed by atoms with E-state index >= 15 is 0 Å². The van der Waals surface area contributed by atoms with Gasteiger partial charge >= 0.3 is 0 Å². The minimum Gasteiger partial charge on any atom is -0.353 e. The zero-order chi connectivity index (χ0) is 17.8. The molecule has 0 saturated carbocycles. The van der Waals surface area contributed by atoms with E-state index in [0.717, 1.165) is 5.69 Å². The van der Waals surface area contributed by atoms with Crippen LogP contribution < -0.4 is 16.0 Å². The van der Waals surface area contributed by atoms with Gasteiger partial charge in [0.05, 0.1) is 17.8 Å². The second-order valence-corrected chi connectivity index (χ2v) is 5.99. The molecule has 1 aromatic carbocycles. The van der Waals surface area contributed by atoms with Crippen LogP contribution >= 0.6 is 0 Å². The van der Waals surface area contributed by atoms with Crippen LogP contribution in [0.1, 0.15) is 28.9 Å². The van der Waals surface area contributed by atoms with Crippen molar-refractivity contribution < 1.29 is 14.4 Å². The second-order valence-electron chi connectivity index (χ2n) is 5.99. The van der Waals surface area contributed by atoms with Crippen molar-refractivity contribution in [3.8, 4) is 0 Å². The first kappa shape index (κ1) is 16.8. The molecule has 0 bridgehead atoms. The lowest BCUT2D eigenvalue weighted by molar-refractivity contribution is -0.122. The Morgan fingerprint density at radius 1 is 1.20 bits per heavy atom. The fourth-order valence-electron chi connectivity index (χ4n) is 2.75. The highest BCUT2D eigenvalue weighted by atomic mass is 16.2. The van der Waals surface area contributed by atoms with Gasteiger partial charge in [-0.15, -0.1) is 0 Å². The number of nitrogens with zero attached hydrogens (tertiary/aromatic N) is 1. The highest BCUT2D eigenvalue weighted by Crippen LogP contribution is 2.19. The largest absolute Gasteiger partial charge is 0.353 e. The summed E-state index contributed by atoms with van der Waals surface area (Å²) in [4.78, 5) is 36.5. The first-order valence-electron chi connectivity index (χ1n) is 8.12. The van der Waals surface area contributed by atoms with Gasteiger partial charge in [-0.05, 0) is 30.7 Å². The maximum absolute atomic E-state index is 12.3. The number of amides is 3. The van der Waals surface area contributed by atoms with Crippen molar-refractivity contribution in [3.63, 3.8) is 0 Å². The molecule has 2 aromatic rings. The van der Waals surface area contributed by atoms with Gasteiger partial charge in [0, 0.05) is 25.4 Å². The summed E-state index contributed by atoms with van der Waals surface area (Å²) in [7, 11) is 1.91. The van der Waals surface area contributed by atoms with Gasteiger partial charge in [0.1, 0.15) is 6.04 Å². The summed E-state index contributed by atoms with van der Waals surface area (Å²) >= 11 is 0. The molecule has 0 aliphatic carbocycles. The van der Waals surface area contributed by atoms with Crippen molar-refractivity contribution in [2.75, 3.05) is 5.32 Å². The van der Waals surface area contributed by atoms with E-state index < -0.39 is 6.04 Å². The number of fused-ring (bicyclic) bond motifs is 1. The predicted octanol–water partition coefficient (Wildman–Crippen LogP) is 1.17. The van der Waals surface area contributed by atoms with Crippen LogP contribution in [0.3, 0.4) is 0 Å². The number of benzene rings is 1. The summed E-state index contributed by atoms with van der Waals surface area (Å²) in [6, 6.07) is 9.93. The van der Waals surface area contributed by atoms with Crippen LogP contribution in [0.15, 0.2) is 42.6 Å². The minimum absolute atomic E-state index is 0.152. The Morgan fingerprint density at radius 2 is 2.00 bits per heavy atom. The van der Waals surface area contributed by atoms with Gasteiger partial charge in [0.2, 0.25) is 11.8 Å². The SMILES string of the molecule is Cn1cccc1CNC(=O)CC[C@H]1NC(=O)c2ccccc2NC1=O. The summed E-state index contributed by atoms with van der Waals surface area (Å²) in [6.45, 7) is 0.428. The molecular formula is C18H20N4O3. The fourth-order valence-corrected chi connectivity index (χ4v) is 2.75. The van der Waals surface area contributed by atoms with Crippen LogP contribution in [-0.2, 0) is 23.2 Å². The zero-order valence-corrected chi connectivity index (χ0v) is 13.9. The van der Waals surface area contributed by atoms with Gasteiger partial charge < -0.3 is 20.5 Å². The Bertz CT molecular complexity index is 812. The van der Waals surface area contributed by atoms with Crippen molar-refractivity contribution in [1.82, 2.24) is 15.2 Å². The van der Waals surface area contributed by atoms with Gasteiger partial charge in [-0.25, -0.2) is 0 Å². The zero-order valence-electron chi connectivity index (χ0n) is 13.9. The molecule has 130 valence electrons. The number of aromatic nitrogens is 1. The van der Waals surface area contributed by atoms with Crippen molar-refractivity contribution in [3.05, 3.63) is 53.9 Å². The monoisotopic (exact) mass is 340 g/mol. The number of rotatable bonds is 5. The number of anilines is 1. The van der Waals surface area contributed by atoms with E-state index in [2.05, 4.69) is 16.0 Å². The van der Waals surface area contributed by atoms with Crippen molar-refractivity contribution in [1.29, 1.82) is 0 Å². The van der Waals surface area contributed by atoms with Crippen LogP contribution in [0.4, 0.5) is 5.69 Å². The Labute approximate surface area is 145 Å². The molecule has 1 aromatic heterocycles. The molecule has 0 unspecified atom stereocenters. The quantitative estimate of drug-likeness (QED) is 0.763. The van der Waals surface area contributed by atoms with Crippen LogP contribution in [0.5, 0.6) is 0 Å². The van der Waals surface area contributed by atoms with E-state index in [0.29, 0.717) is 17.8 Å². The third-order valence-corrected chi connectivity index (χ3v) is 4.23. The van der Waals surface area contributed by atoms with Crippen molar-refractivity contribution >= 4 is 23.4 Å². The molecule has 0 fully saturated rings. The maximum atomic E-state index is 12.3. The third kappa shape index (κ3) is 3.88. The average Bonchev–Trinajstić information content (AvgIpc) is 2.96. The van der Waals surface area contributed by atoms with E-state index in [1.165, 1.54) is 0 Å². The van der Waals surface area contributed by atoms with E-state index in [1.54, 1.807) is 24.3 Å². The number of para-hydroxylation sites is 1. The second kappa shape index (κ2) is 7.21. The predicted molar refractivity (Wildman–Crippen MR) is 92.8 cm³/mol. The number of carbonyl (C=O) groups is 3. The molecule has 3 rings (SSSR count). The summed E-state index contributed by atoms with van der Waals surface area (Å²) in [6.07, 6.45) is 2.30. The molecule has 0 spiro atoms. The minimum atomic E-state index is -0.735. The average molecular weight is 340 g/mol. The molecule has 0 radical (unpaired) electrons. The Balaban J connectivity index is 1.54. The first-order valence-corrected chi connectivity index (χ1v) is 8.12. The summed E-state index contributed by atoms with van der Waals surface area (Å²) in [5, 5.41) is 8.24. The Morgan fingerprint density at radius 3 is 2.76 bits per heavy atom. The lowest BCUT2D eigenvalue weighted by Crippen LogP contribution is -2.42. The van der Waals surface area contributed by atoms with E-state index in [9.17, 15) is 14.4 Å². The van der Waals surface area contributed by atoms with Crippen LogP contribution in [-0.4, -0.2) is 28.3 Å². The smallest absolute Gasteiger partial charge is 0.254 e. The molecule has 0 saturated heterocycles. The van der Waals surface area contributed by atoms with Gasteiger partial charge in [-0.2, -0.15) is 0 Å². The molecule has 7 heteroatoms. The van der Waals surface area contributed by atoms with Crippen molar-refractivity contribution in [2.24, 2.45) is 7.05 Å². The maximum Gasteiger partial charge on any atom is 0.254 e. The third-order valence-electron chi connectivity index (χ3n) is 4.23. The molecule has 25 heavy (non-hydrogen) atoms. The van der Waals surface area contributed by atoms with E-state index in [4.69, 9.17) is 0 Å². The lowest BCUT2D eigenvalue weighted by atomic mass is 10.1. The van der Waals surface area contributed by atoms with Gasteiger partial charge in [0.15, 0.2) is 0 Å². The first-order chi connectivity index (χ1) is 12.0. The highest BCUT2D eigenvalue weighted by Gasteiger charge is 2.27. The van der Waals surface area contributed by atoms with Crippen LogP contribution in [0.2, 0.25) is 0 Å². The highest BCUT2D eigenvalue weighted by molar-refractivity contribution is 6.09. The topological polar surface area (TPSA) is 92.2 Å². The fraction of sp³-hybridized carbons (Fsp3) is 0.278. The molecule has 3 N–H and O–H groups in total. The van der Waals surface area contributed by atoms with Gasteiger partial charge in [-0.1, -0.05) is 12.1 Å². The lowest BCUT2D eigenvalue weighted by Gasteiger charge is -2.14. The van der Waals surface area contributed by atoms with Crippen LogP contribution in [0, 0.1) is 0 Å². The molecular weight excluding hydrogens is 320 g/mol. The van der Waals surface area contributed by atoms with Crippen LogP contribution in [0.25, 0.3) is 0 Å². The number of nitrogens with one attached hydrogen (secondary N) is 3. The normalized spacial score (nSPS) is 16.4.